The van der Waals surface area contributed by atoms with Crippen molar-refractivity contribution in [3.63, 3.8) is 0 Å². The number of rotatable bonds is 2. The second-order valence-electron chi connectivity index (χ2n) is 5.64. The lowest BCUT2D eigenvalue weighted by atomic mass is 10.0. The zero-order valence-electron chi connectivity index (χ0n) is 9.37. The number of hydrogen-bond acceptors (Lipinski definition) is 2. The first-order valence-corrected chi connectivity index (χ1v) is 7.49. The molecule has 0 aromatic carbocycles. The average molecular weight is 314 g/mol. The number of hydrogen-bond donors (Lipinski definition) is 1. The van der Waals surface area contributed by atoms with Crippen molar-refractivity contribution >= 4 is 33.3 Å². The molecule has 2 bridgehead atoms. The van der Waals surface area contributed by atoms with Gasteiger partial charge in [-0.25, -0.2) is 4.98 Å². The molecule has 1 aromatic rings. The zero-order chi connectivity index (χ0) is 11.6. The monoisotopic (exact) mass is 312 g/mol. The third-order valence-electron chi connectivity index (χ3n) is 4.85. The maximum absolute atomic E-state index is 6.19. The molecule has 4 unspecified atom stereocenters. The molecular weight excluding hydrogens is 300 g/mol. The van der Waals surface area contributed by atoms with Gasteiger partial charge in [0.15, 0.2) is 0 Å². The number of fused-ring (bicyclic) bond motifs is 5. The molecule has 90 valence electrons. The summed E-state index contributed by atoms with van der Waals surface area (Å²) in [6.07, 6.45) is 6.19. The minimum atomic E-state index is 0.646. The molecule has 0 aliphatic heterocycles. The minimum Gasteiger partial charge on any atom is -0.366 e. The summed E-state index contributed by atoms with van der Waals surface area (Å²) in [6.45, 7) is 0. The molecule has 1 heterocycles. The lowest BCUT2D eigenvalue weighted by Crippen LogP contribution is -2.13. The van der Waals surface area contributed by atoms with Crippen LogP contribution in [-0.2, 0) is 0 Å². The van der Waals surface area contributed by atoms with Crippen LogP contribution < -0.4 is 5.32 Å². The molecule has 0 spiro atoms. The van der Waals surface area contributed by atoms with Gasteiger partial charge in [-0.05, 0) is 64.9 Å². The van der Waals surface area contributed by atoms with Crippen LogP contribution in [-0.4, -0.2) is 11.0 Å². The van der Waals surface area contributed by atoms with Crippen molar-refractivity contribution in [3.05, 3.63) is 21.8 Å². The van der Waals surface area contributed by atoms with Crippen molar-refractivity contribution in [2.45, 2.75) is 25.3 Å². The van der Waals surface area contributed by atoms with Crippen LogP contribution in [0.1, 0.15) is 19.3 Å². The van der Waals surface area contributed by atoms with Crippen LogP contribution in [0, 0.1) is 23.7 Å². The van der Waals surface area contributed by atoms with Gasteiger partial charge in [-0.3, -0.25) is 0 Å². The van der Waals surface area contributed by atoms with Crippen molar-refractivity contribution in [3.8, 4) is 0 Å². The van der Waals surface area contributed by atoms with E-state index in [1.54, 1.807) is 6.20 Å². The number of aromatic nitrogens is 1. The molecule has 3 fully saturated rings. The second kappa shape index (κ2) is 3.61. The van der Waals surface area contributed by atoms with Gasteiger partial charge in [0.05, 0.1) is 5.02 Å². The Morgan fingerprint density at radius 2 is 2.00 bits per heavy atom. The van der Waals surface area contributed by atoms with E-state index in [-0.39, 0.29) is 0 Å². The molecule has 2 nitrogen and oxygen atoms in total. The van der Waals surface area contributed by atoms with E-state index in [2.05, 4.69) is 26.2 Å². The van der Waals surface area contributed by atoms with Crippen molar-refractivity contribution < 1.29 is 0 Å². The lowest BCUT2D eigenvalue weighted by Gasteiger charge is -2.12. The summed E-state index contributed by atoms with van der Waals surface area (Å²) < 4.78 is 0.934. The van der Waals surface area contributed by atoms with Gasteiger partial charge < -0.3 is 5.32 Å². The summed E-state index contributed by atoms with van der Waals surface area (Å²) in [6, 6.07) is 2.55. The Balaban J connectivity index is 1.52. The molecule has 0 amide bonds. The van der Waals surface area contributed by atoms with E-state index in [1.807, 2.05) is 6.07 Å². The van der Waals surface area contributed by atoms with Crippen LogP contribution in [0.15, 0.2) is 16.7 Å². The highest BCUT2D eigenvalue weighted by molar-refractivity contribution is 9.10. The van der Waals surface area contributed by atoms with E-state index >= 15 is 0 Å². The Bertz CT molecular complexity index is 462. The molecule has 4 atom stereocenters. The first kappa shape index (κ1) is 10.6. The summed E-state index contributed by atoms with van der Waals surface area (Å²) in [5.74, 6) is 4.65. The number of anilines is 1. The van der Waals surface area contributed by atoms with Crippen LogP contribution >= 0.6 is 27.5 Å². The predicted octanol–water partition coefficient (Wildman–Crippen LogP) is 3.95. The fraction of sp³-hybridized carbons (Fsp3) is 0.615. The summed E-state index contributed by atoms with van der Waals surface area (Å²) in [7, 11) is 0. The molecular formula is C13H14BrClN2. The normalized spacial score (nSPS) is 41.4. The summed E-state index contributed by atoms with van der Waals surface area (Å²) in [5.41, 5.74) is 0. The van der Waals surface area contributed by atoms with E-state index in [9.17, 15) is 0 Å². The van der Waals surface area contributed by atoms with Gasteiger partial charge in [0.2, 0.25) is 0 Å². The smallest absolute Gasteiger partial charge is 0.145 e. The Hall–Kier alpha value is -0.280. The maximum Gasteiger partial charge on any atom is 0.145 e. The standard InChI is InChI=1S/C13H14BrClN2/c14-8-4-9(15)13(16-5-8)17-12-10-6-1-2-7(3-6)11(10)12/h4-7,10-12H,1-3H2,(H,16,17). The molecule has 1 N–H and O–H groups in total. The second-order valence-corrected chi connectivity index (χ2v) is 6.96. The van der Waals surface area contributed by atoms with Crippen molar-refractivity contribution in [1.29, 1.82) is 0 Å². The van der Waals surface area contributed by atoms with E-state index in [0.717, 1.165) is 39.0 Å². The highest BCUT2D eigenvalue weighted by Gasteiger charge is 2.65. The third kappa shape index (κ3) is 1.55. The van der Waals surface area contributed by atoms with E-state index in [4.69, 9.17) is 11.6 Å². The first-order chi connectivity index (χ1) is 8.24. The minimum absolute atomic E-state index is 0.646. The van der Waals surface area contributed by atoms with Crippen LogP contribution in [0.2, 0.25) is 5.02 Å². The van der Waals surface area contributed by atoms with E-state index < -0.39 is 0 Å². The zero-order valence-corrected chi connectivity index (χ0v) is 11.7. The lowest BCUT2D eigenvalue weighted by molar-refractivity contribution is 0.456. The number of nitrogens with zero attached hydrogens (tertiary/aromatic N) is 1. The van der Waals surface area contributed by atoms with Crippen LogP contribution in [0.25, 0.3) is 0 Å². The molecule has 0 saturated heterocycles. The highest BCUT2D eigenvalue weighted by Crippen LogP contribution is 2.66. The fourth-order valence-electron chi connectivity index (χ4n) is 4.20. The highest BCUT2D eigenvalue weighted by atomic mass is 79.9. The predicted molar refractivity (Wildman–Crippen MR) is 72.2 cm³/mol. The Morgan fingerprint density at radius 1 is 1.29 bits per heavy atom. The Kier molecular flexibility index (Phi) is 2.26. The SMILES string of the molecule is Clc1cc(Br)cnc1NC1C2C3CCC(C3)C12. The Morgan fingerprint density at radius 3 is 2.65 bits per heavy atom. The molecule has 3 saturated carbocycles. The fourth-order valence-corrected chi connectivity index (χ4v) is 4.88. The van der Waals surface area contributed by atoms with Gasteiger partial charge in [-0.2, -0.15) is 0 Å². The largest absolute Gasteiger partial charge is 0.366 e. The maximum atomic E-state index is 6.19. The molecule has 0 radical (unpaired) electrons. The van der Waals surface area contributed by atoms with Gasteiger partial charge in [0, 0.05) is 16.7 Å². The van der Waals surface area contributed by atoms with Crippen molar-refractivity contribution in [2.75, 3.05) is 5.32 Å². The van der Waals surface area contributed by atoms with Gasteiger partial charge in [-0.1, -0.05) is 11.6 Å². The summed E-state index contributed by atoms with van der Waals surface area (Å²) >= 11 is 9.57. The quantitative estimate of drug-likeness (QED) is 0.894. The number of nitrogens with one attached hydrogen (secondary N) is 1. The molecule has 4 rings (SSSR count). The molecule has 1 aromatic heterocycles. The number of halogens is 2. The third-order valence-corrected chi connectivity index (χ3v) is 5.57. The topological polar surface area (TPSA) is 24.9 Å². The Labute approximate surface area is 114 Å². The first-order valence-electron chi connectivity index (χ1n) is 6.31. The van der Waals surface area contributed by atoms with E-state index in [0.29, 0.717) is 6.04 Å². The molecule has 17 heavy (non-hydrogen) atoms. The van der Waals surface area contributed by atoms with Crippen LogP contribution in [0.4, 0.5) is 5.82 Å². The van der Waals surface area contributed by atoms with Gasteiger partial charge in [0.1, 0.15) is 5.82 Å². The van der Waals surface area contributed by atoms with Crippen LogP contribution in [0.5, 0.6) is 0 Å². The molecule has 3 aliphatic rings. The van der Waals surface area contributed by atoms with Crippen LogP contribution in [0.3, 0.4) is 0 Å². The van der Waals surface area contributed by atoms with Gasteiger partial charge >= 0.3 is 0 Å². The molecule has 4 heteroatoms. The van der Waals surface area contributed by atoms with Crippen molar-refractivity contribution in [2.24, 2.45) is 23.7 Å². The van der Waals surface area contributed by atoms with Gasteiger partial charge in [0.25, 0.3) is 0 Å². The van der Waals surface area contributed by atoms with Crippen molar-refractivity contribution in [1.82, 2.24) is 4.98 Å². The average Bonchev–Trinajstić information content (AvgIpc) is 2.70. The van der Waals surface area contributed by atoms with E-state index in [1.165, 1.54) is 19.3 Å². The molecule has 3 aliphatic carbocycles. The summed E-state index contributed by atoms with van der Waals surface area (Å²) in [5, 5.41) is 4.27. The van der Waals surface area contributed by atoms with Gasteiger partial charge in [-0.15, -0.1) is 0 Å². The summed E-state index contributed by atoms with van der Waals surface area (Å²) in [4.78, 5) is 4.37. The number of pyridine rings is 1.